The Balaban J connectivity index is 1.96. The van der Waals surface area contributed by atoms with Gasteiger partial charge in [0, 0.05) is 30.5 Å². The Hall–Kier alpha value is 0.600. The van der Waals surface area contributed by atoms with E-state index in [0.717, 1.165) is 5.88 Å². The second kappa shape index (κ2) is 6.15. The van der Waals surface area contributed by atoms with Crippen molar-refractivity contribution in [2.75, 3.05) is 37.0 Å². The van der Waals surface area contributed by atoms with Crippen LogP contribution in [0.3, 0.4) is 0 Å². The molecule has 0 aromatic carbocycles. The first-order chi connectivity index (χ1) is 5.43. The zero-order chi connectivity index (χ0) is 7.94. The summed E-state index contributed by atoms with van der Waals surface area (Å²) >= 11 is 7.67. The third-order valence-electron chi connectivity index (χ3n) is 1.96. The highest BCUT2D eigenvalue weighted by molar-refractivity contribution is 7.99. The summed E-state index contributed by atoms with van der Waals surface area (Å²) in [7, 11) is 0. The molecule has 0 aliphatic carbocycles. The van der Waals surface area contributed by atoms with Gasteiger partial charge >= 0.3 is 0 Å². The van der Waals surface area contributed by atoms with Crippen LogP contribution < -0.4 is 0 Å². The summed E-state index contributed by atoms with van der Waals surface area (Å²) in [6.07, 6.45) is 2.44. The minimum Gasteiger partial charge on any atom is -0.302 e. The number of halogens is 1. The number of hydrogen-bond donors (Lipinski definition) is 0. The lowest BCUT2D eigenvalue weighted by Gasteiger charge is -2.25. The second-order valence-corrected chi connectivity index (χ2v) is 4.45. The maximum atomic E-state index is 5.60. The Morgan fingerprint density at radius 1 is 1.18 bits per heavy atom. The first-order valence-electron chi connectivity index (χ1n) is 4.29. The maximum absolute atomic E-state index is 5.60. The van der Waals surface area contributed by atoms with Gasteiger partial charge in [0.15, 0.2) is 0 Å². The van der Waals surface area contributed by atoms with E-state index in [1.807, 2.05) is 0 Å². The third kappa shape index (κ3) is 4.24. The quantitative estimate of drug-likeness (QED) is 0.497. The average molecular weight is 194 g/mol. The van der Waals surface area contributed by atoms with E-state index in [4.69, 9.17) is 11.6 Å². The zero-order valence-electron chi connectivity index (χ0n) is 6.89. The van der Waals surface area contributed by atoms with Crippen LogP contribution in [0.1, 0.15) is 12.8 Å². The number of alkyl halides is 1. The van der Waals surface area contributed by atoms with E-state index in [1.165, 1.54) is 44.0 Å². The van der Waals surface area contributed by atoms with Crippen LogP contribution in [0.25, 0.3) is 0 Å². The Labute approximate surface area is 78.5 Å². The van der Waals surface area contributed by atoms with Crippen LogP contribution in [-0.2, 0) is 0 Å². The van der Waals surface area contributed by atoms with E-state index >= 15 is 0 Å². The van der Waals surface area contributed by atoms with Gasteiger partial charge in [0.05, 0.1) is 0 Å². The van der Waals surface area contributed by atoms with Crippen LogP contribution in [0.2, 0.25) is 0 Å². The first kappa shape index (κ1) is 9.69. The van der Waals surface area contributed by atoms with Crippen molar-refractivity contribution in [3.05, 3.63) is 0 Å². The lowest BCUT2D eigenvalue weighted by atomic mass is 10.3. The number of hydrogen-bond acceptors (Lipinski definition) is 2. The molecule has 0 saturated carbocycles. The van der Waals surface area contributed by atoms with E-state index < -0.39 is 0 Å². The first-order valence-corrected chi connectivity index (χ1v) is 5.98. The van der Waals surface area contributed by atoms with Crippen molar-refractivity contribution in [2.24, 2.45) is 0 Å². The largest absolute Gasteiger partial charge is 0.302 e. The van der Waals surface area contributed by atoms with E-state index in [1.54, 1.807) is 0 Å². The lowest BCUT2D eigenvalue weighted by molar-refractivity contribution is 0.298. The van der Waals surface area contributed by atoms with Crippen molar-refractivity contribution < 1.29 is 0 Å². The van der Waals surface area contributed by atoms with Crippen LogP contribution >= 0.6 is 23.4 Å². The van der Waals surface area contributed by atoms with Crippen molar-refractivity contribution in [3.8, 4) is 0 Å². The highest BCUT2D eigenvalue weighted by Crippen LogP contribution is 2.09. The third-order valence-corrected chi connectivity index (χ3v) is 3.17. The average Bonchev–Trinajstić information content (AvgIpc) is 2.07. The van der Waals surface area contributed by atoms with Crippen molar-refractivity contribution in [1.82, 2.24) is 4.90 Å². The fraction of sp³-hybridized carbons (Fsp3) is 1.00. The Kier molecular flexibility index (Phi) is 5.42. The summed E-state index contributed by atoms with van der Waals surface area (Å²) < 4.78 is 0. The molecular formula is C8H16ClNS. The van der Waals surface area contributed by atoms with Crippen molar-refractivity contribution in [1.29, 1.82) is 0 Å². The highest BCUT2D eigenvalue weighted by Gasteiger charge is 2.08. The second-order valence-electron chi connectivity index (χ2n) is 2.85. The van der Waals surface area contributed by atoms with Gasteiger partial charge in [0.25, 0.3) is 0 Å². The maximum Gasteiger partial charge on any atom is 0.0223 e. The Morgan fingerprint density at radius 2 is 1.91 bits per heavy atom. The Bertz CT molecular complexity index is 94.1. The minimum absolute atomic E-state index is 0.822. The summed E-state index contributed by atoms with van der Waals surface area (Å²) in [5, 5.41) is 0. The summed E-state index contributed by atoms with van der Waals surface area (Å²) in [6, 6.07) is 0. The molecule has 1 heterocycles. The van der Waals surface area contributed by atoms with E-state index in [0.29, 0.717) is 0 Å². The van der Waals surface area contributed by atoms with Gasteiger partial charge in [-0.15, -0.1) is 11.6 Å². The fourth-order valence-electron chi connectivity index (χ4n) is 1.25. The predicted molar refractivity (Wildman–Crippen MR) is 53.7 cm³/mol. The molecule has 1 rings (SSSR count). The molecule has 0 amide bonds. The van der Waals surface area contributed by atoms with Gasteiger partial charge in [0.2, 0.25) is 0 Å². The standard InChI is InChI=1S/C8H16ClNS/c9-3-1-2-4-10-5-7-11-8-6-10/h1-8H2. The molecule has 0 aromatic heterocycles. The number of nitrogens with zero attached hydrogens (tertiary/aromatic N) is 1. The van der Waals surface area contributed by atoms with Gasteiger partial charge in [-0.3, -0.25) is 0 Å². The monoisotopic (exact) mass is 193 g/mol. The normalized spacial score (nSPS) is 20.5. The van der Waals surface area contributed by atoms with E-state index in [-0.39, 0.29) is 0 Å². The molecule has 0 N–H and O–H groups in total. The molecule has 1 aliphatic heterocycles. The van der Waals surface area contributed by atoms with Gasteiger partial charge < -0.3 is 4.90 Å². The van der Waals surface area contributed by atoms with Crippen LogP contribution in [0.5, 0.6) is 0 Å². The molecule has 0 radical (unpaired) electrons. The predicted octanol–water partition coefficient (Wildman–Crippen LogP) is 2.05. The molecule has 0 aromatic rings. The van der Waals surface area contributed by atoms with Crippen LogP contribution in [0.4, 0.5) is 0 Å². The van der Waals surface area contributed by atoms with Gasteiger partial charge in [-0.05, 0) is 19.4 Å². The van der Waals surface area contributed by atoms with Crippen LogP contribution in [0.15, 0.2) is 0 Å². The molecule has 1 nitrogen and oxygen atoms in total. The smallest absolute Gasteiger partial charge is 0.0223 e. The zero-order valence-corrected chi connectivity index (χ0v) is 8.46. The van der Waals surface area contributed by atoms with E-state index in [2.05, 4.69) is 16.7 Å². The summed E-state index contributed by atoms with van der Waals surface area (Å²) in [5.74, 6) is 3.46. The summed E-state index contributed by atoms with van der Waals surface area (Å²) in [5.41, 5.74) is 0. The van der Waals surface area contributed by atoms with Crippen molar-refractivity contribution >= 4 is 23.4 Å². The highest BCUT2D eigenvalue weighted by atomic mass is 35.5. The molecule has 1 aliphatic rings. The topological polar surface area (TPSA) is 3.24 Å². The molecule has 0 spiro atoms. The molecule has 1 fully saturated rings. The number of unbranched alkanes of at least 4 members (excludes halogenated alkanes) is 1. The van der Waals surface area contributed by atoms with E-state index in [9.17, 15) is 0 Å². The number of thioether (sulfide) groups is 1. The molecule has 1 saturated heterocycles. The fourth-order valence-corrected chi connectivity index (χ4v) is 2.42. The van der Waals surface area contributed by atoms with Gasteiger partial charge in [0.1, 0.15) is 0 Å². The Morgan fingerprint density at radius 3 is 2.55 bits per heavy atom. The molecule has 0 unspecified atom stereocenters. The van der Waals surface area contributed by atoms with Crippen LogP contribution in [0, 0.1) is 0 Å². The molecule has 66 valence electrons. The lowest BCUT2D eigenvalue weighted by Crippen LogP contribution is -2.33. The number of rotatable bonds is 4. The molecule has 3 heteroatoms. The molecule has 11 heavy (non-hydrogen) atoms. The van der Waals surface area contributed by atoms with Crippen molar-refractivity contribution in [3.63, 3.8) is 0 Å². The van der Waals surface area contributed by atoms with Gasteiger partial charge in [-0.2, -0.15) is 11.8 Å². The summed E-state index contributed by atoms with van der Waals surface area (Å²) in [6.45, 7) is 3.83. The summed E-state index contributed by atoms with van der Waals surface area (Å²) in [4.78, 5) is 2.54. The molecule has 0 bridgehead atoms. The molecule has 0 atom stereocenters. The van der Waals surface area contributed by atoms with Crippen LogP contribution in [-0.4, -0.2) is 41.9 Å². The minimum atomic E-state index is 0.822. The SMILES string of the molecule is ClCCCCN1CCSCC1. The van der Waals surface area contributed by atoms with Crippen molar-refractivity contribution in [2.45, 2.75) is 12.8 Å². The van der Waals surface area contributed by atoms with Gasteiger partial charge in [-0.1, -0.05) is 0 Å². The van der Waals surface area contributed by atoms with Gasteiger partial charge in [-0.25, -0.2) is 0 Å². The molecular weight excluding hydrogens is 178 g/mol.